The monoisotopic (exact) mass is 433 g/mol. The van der Waals surface area contributed by atoms with E-state index in [2.05, 4.69) is 0 Å². The second kappa shape index (κ2) is 16.7. The number of thiocarbonyl (C=S) groups is 1. The van der Waals surface area contributed by atoms with Gasteiger partial charge in [0.1, 0.15) is 18.3 Å². The van der Waals surface area contributed by atoms with Gasteiger partial charge >= 0.3 is 59.1 Å². The number of aliphatic hydroxyl groups is 5. The van der Waals surface area contributed by atoms with Crippen LogP contribution < -0.4 is 64.2 Å². The summed E-state index contributed by atoms with van der Waals surface area (Å²) in [6.07, 6.45) is -5.01. The number of thioether (sulfide) groups is 1. The van der Waals surface area contributed by atoms with Gasteiger partial charge in [0.2, 0.25) is 0 Å². The minimum absolute atomic E-state index is 0. The number of aliphatic hydroxyl groups excluding tert-OH is 5. The first kappa shape index (κ1) is 31.4. The van der Waals surface area contributed by atoms with Gasteiger partial charge in [-0.2, -0.15) is 11.8 Å². The molecule has 0 aromatic carbocycles. The zero-order chi connectivity index (χ0) is 18.2. The third-order valence-electron chi connectivity index (χ3n) is 3.19. The average Bonchev–Trinajstić information content (AvgIpc) is 2.50. The van der Waals surface area contributed by atoms with Crippen LogP contribution >= 0.6 is 24.0 Å². The van der Waals surface area contributed by atoms with Crippen LogP contribution in [0.25, 0.3) is 0 Å². The van der Waals surface area contributed by atoms with Crippen LogP contribution in [0.4, 0.5) is 0 Å². The van der Waals surface area contributed by atoms with Crippen LogP contribution in [0, 0.1) is 0 Å². The number of hydrogen-bond donors (Lipinski definition) is 5. The van der Waals surface area contributed by atoms with E-state index < -0.39 is 49.6 Å². The standard InChI is InChI=1S/C12H23NO7S3.2Na/c1-23-3-2-6(11(19)20)13(12(21)22)4-7(15)9(17)10(18)8(16)5-14;;/h6-10,14-18H,2-5H2,1H3,(H,19,20)(H,21,22);;/q;2*+1/p-2. The number of carboxylic acid groups (broad SMARTS) is 1. The number of nitrogens with zero attached hydrogens (tertiary/aromatic N) is 1. The predicted molar refractivity (Wildman–Crippen MR) is 89.6 cm³/mol. The Kier molecular flexibility index (Phi) is 20.9. The van der Waals surface area contributed by atoms with Crippen LogP contribution in [0.15, 0.2) is 0 Å². The van der Waals surface area contributed by atoms with E-state index in [-0.39, 0.29) is 69.9 Å². The second-order valence-corrected chi connectivity index (χ2v) is 6.85. The van der Waals surface area contributed by atoms with Gasteiger partial charge in [0.25, 0.3) is 0 Å². The molecule has 13 heteroatoms. The topological polar surface area (TPSA) is 145 Å². The van der Waals surface area contributed by atoms with Crippen LogP contribution in [0.2, 0.25) is 0 Å². The minimum atomic E-state index is -1.83. The molecule has 0 radical (unpaired) electrons. The number of aliphatic carboxylic acids is 1. The van der Waals surface area contributed by atoms with Crippen molar-refractivity contribution >= 4 is 46.9 Å². The van der Waals surface area contributed by atoms with Crippen molar-refractivity contribution in [2.45, 2.75) is 36.9 Å². The molecule has 5 atom stereocenters. The Hall–Kier alpha value is 1.73. The largest absolute Gasteiger partial charge is 1.00 e. The molecule has 0 rings (SSSR count). The fraction of sp³-hybridized carbons (Fsp3) is 0.833. The van der Waals surface area contributed by atoms with E-state index in [0.717, 1.165) is 4.90 Å². The quantitative estimate of drug-likeness (QED) is 0.120. The van der Waals surface area contributed by atoms with Gasteiger partial charge in [-0.15, -0.1) is 0 Å². The van der Waals surface area contributed by atoms with Crippen molar-refractivity contribution in [2.24, 2.45) is 0 Å². The number of carbonyl (C=O) groups is 1. The third-order valence-corrected chi connectivity index (χ3v) is 4.30. The summed E-state index contributed by atoms with van der Waals surface area (Å²) in [7, 11) is 0. The first-order valence-corrected chi connectivity index (χ1v) is 8.88. The Morgan fingerprint density at radius 1 is 1.20 bits per heavy atom. The fourth-order valence-corrected chi connectivity index (χ4v) is 2.69. The van der Waals surface area contributed by atoms with Gasteiger partial charge in [0.05, 0.1) is 24.7 Å². The molecule has 0 saturated carbocycles. The van der Waals surface area contributed by atoms with Crippen molar-refractivity contribution in [3.8, 4) is 0 Å². The molecule has 0 bridgehead atoms. The molecular weight excluding hydrogens is 412 g/mol. The number of rotatable bonds is 11. The van der Waals surface area contributed by atoms with E-state index in [1.165, 1.54) is 11.8 Å². The molecule has 8 nitrogen and oxygen atoms in total. The van der Waals surface area contributed by atoms with Crippen LogP contribution in [-0.2, 0) is 17.4 Å². The Morgan fingerprint density at radius 3 is 2.04 bits per heavy atom. The van der Waals surface area contributed by atoms with E-state index in [0.29, 0.717) is 5.75 Å². The summed E-state index contributed by atoms with van der Waals surface area (Å²) in [5.41, 5.74) is 0. The molecule has 25 heavy (non-hydrogen) atoms. The predicted octanol–water partition coefficient (Wildman–Crippen LogP) is -9.56. The van der Waals surface area contributed by atoms with Gasteiger partial charge < -0.3 is 65.2 Å². The van der Waals surface area contributed by atoms with Gasteiger partial charge in [-0.05, 0) is 18.4 Å². The fourth-order valence-electron chi connectivity index (χ4n) is 1.83. The van der Waals surface area contributed by atoms with E-state index in [1.807, 2.05) is 0 Å². The summed E-state index contributed by atoms with van der Waals surface area (Å²) in [5.74, 6) is -0.943. The molecular formula is C12H21NNa2O7S3. The van der Waals surface area contributed by atoms with Crippen molar-refractivity contribution in [3.63, 3.8) is 0 Å². The molecule has 0 heterocycles. The van der Waals surface area contributed by atoms with Crippen LogP contribution in [-0.4, -0.2) is 96.3 Å². The second-order valence-electron chi connectivity index (χ2n) is 4.83. The SMILES string of the molecule is CSCCC(C(=O)[O-])N(CC(O)C(O)C(O)C(O)CO)C(=S)[S-].[Na+].[Na+]. The summed E-state index contributed by atoms with van der Waals surface area (Å²) in [5, 5.41) is 58.5. The van der Waals surface area contributed by atoms with E-state index in [1.54, 1.807) is 6.26 Å². The maximum atomic E-state index is 11.3. The Balaban J connectivity index is -0.00000242. The summed E-state index contributed by atoms with van der Waals surface area (Å²) >= 11 is 11.0. The molecule has 0 fully saturated rings. The molecule has 0 aliphatic carbocycles. The summed E-state index contributed by atoms with van der Waals surface area (Å²) in [6.45, 7) is -1.28. The minimum Gasteiger partial charge on any atom is -0.548 e. The zero-order valence-electron chi connectivity index (χ0n) is 14.4. The van der Waals surface area contributed by atoms with Crippen molar-refractivity contribution in [3.05, 3.63) is 0 Å². The Labute approximate surface area is 206 Å². The number of carboxylic acids is 1. The van der Waals surface area contributed by atoms with Crippen molar-refractivity contribution in [2.75, 3.05) is 25.2 Å². The molecule has 0 aliphatic heterocycles. The molecule has 5 N–H and O–H groups in total. The number of carbonyl (C=O) groups excluding carboxylic acids is 1. The van der Waals surface area contributed by atoms with Crippen LogP contribution in [0.5, 0.6) is 0 Å². The van der Waals surface area contributed by atoms with E-state index in [4.69, 9.17) is 30.0 Å². The smallest absolute Gasteiger partial charge is 0.548 e. The molecule has 0 amide bonds. The van der Waals surface area contributed by atoms with Crippen molar-refractivity contribution in [1.82, 2.24) is 4.90 Å². The third kappa shape index (κ3) is 11.3. The molecule has 0 aromatic rings. The first-order chi connectivity index (χ1) is 10.7. The maximum absolute atomic E-state index is 11.3. The maximum Gasteiger partial charge on any atom is 1.00 e. The molecule has 0 aliphatic rings. The van der Waals surface area contributed by atoms with Gasteiger partial charge in [-0.3, -0.25) is 0 Å². The van der Waals surface area contributed by atoms with Crippen molar-refractivity contribution in [1.29, 1.82) is 0 Å². The van der Waals surface area contributed by atoms with E-state index in [9.17, 15) is 30.3 Å². The van der Waals surface area contributed by atoms with Gasteiger partial charge in [0.15, 0.2) is 0 Å². The van der Waals surface area contributed by atoms with Gasteiger partial charge in [0, 0.05) is 6.54 Å². The van der Waals surface area contributed by atoms with E-state index >= 15 is 0 Å². The first-order valence-electron chi connectivity index (χ1n) is 6.67. The summed E-state index contributed by atoms with van der Waals surface area (Å²) in [4.78, 5) is 12.3. The average molecular weight is 433 g/mol. The molecule has 0 aromatic heterocycles. The number of hydrogen-bond acceptors (Lipinski definition) is 10. The Morgan fingerprint density at radius 2 is 1.68 bits per heavy atom. The van der Waals surface area contributed by atoms with Gasteiger partial charge in [-0.25, -0.2) is 0 Å². The molecule has 136 valence electrons. The summed E-state index contributed by atoms with van der Waals surface area (Å²) in [6, 6.07) is -1.19. The van der Waals surface area contributed by atoms with Crippen LogP contribution in [0.3, 0.4) is 0 Å². The molecule has 0 saturated heterocycles. The van der Waals surface area contributed by atoms with Crippen molar-refractivity contribution < 1.29 is 94.5 Å². The van der Waals surface area contributed by atoms with Gasteiger partial charge in [-0.1, -0.05) is 4.32 Å². The molecule has 0 spiro atoms. The Bertz CT molecular complexity index is 398. The normalized spacial score (nSPS) is 16.4. The summed E-state index contributed by atoms with van der Waals surface area (Å²) < 4.78 is -0.233. The van der Waals surface area contributed by atoms with Crippen LogP contribution in [0.1, 0.15) is 6.42 Å². The molecule has 5 unspecified atom stereocenters. The zero-order valence-corrected chi connectivity index (χ0v) is 20.9.